The van der Waals surface area contributed by atoms with Crippen molar-refractivity contribution in [2.24, 2.45) is 0 Å². The fraction of sp³-hybridized carbons (Fsp3) is 0.417. The maximum Gasteiger partial charge on any atom is 0.265 e. The van der Waals surface area contributed by atoms with Gasteiger partial charge in [-0.05, 0) is 100 Å². The van der Waals surface area contributed by atoms with Gasteiger partial charge in [0, 0.05) is 22.5 Å². The first kappa shape index (κ1) is 36.1. The van der Waals surface area contributed by atoms with Crippen molar-refractivity contribution in [1.82, 2.24) is 0 Å². The predicted octanol–water partition coefficient (Wildman–Crippen LogP) is 9.02. The number of benzene rings is 3. The number of carbonyl (C=O) groups is 3. The summed E-state index contributed by atoms with van der Waals surface area (Å²) in [5.74, 6) is -0.462. The molecule has 0 saturated carbocycles. The van der Waals surface area contributed by atoms with Gasteiger partial charge in [0.05, 0.1) is 7.11 Å². The highest BCUT2D eigenvalue weighted by molar-refractivity contribution is 9.11. The van der Waals surface area contributed by atoms with Crippen LogP contribution in [0.5, 0.6) is 11.5 Å². The number of alkyl halides is 2. The van der Waals surface area contributed by atoms with Gasteiger partial charge in [-0.25, -0.2) is 0 Å². The average molecular weight is 700 g/mol. The summed E-state index contributed by atoms with van der Waals surface area (Å²) in [6.07, 6.45) is 1.60. The molecular weight excluding hydrogens is 656 g/mol. The Morgan fingerprint density at radius 2 is 1.44 bits per heavy atom. The molecule has 0 aliphatic rings. The van der Waals surface area contributed by atoms with Crippen molar-refractivity contribution < 1.29 is 23.9 Å². The van der Waals surface area contributed by atoms with Crippen molar-refractivity contribution in [2.45, 2.75) is 88.4 Å². The minimum absolute atomic E-state index is 0.0139. The lowest BCUT2D eigenvalue weighted by Gasteiger charge is -2.31. The molecular formula is C36H44BrClN2O5. The van der Waals surface area contributed by atoms with E-state index in [-0.39, 0.29) is 22.3 Å². The van der Waals surface area contributed by atoms with Gasteiger partial charge in [0.15, 0.2) is 6.10 Å². The number of halogens is 2. The summed E-state index contributed by atoms with van der Waals surface area (Å²) in [6, 6.07) is 19.2. The second kappa shape index (κ2) is 14.8. The number of ketones is 1. The molecule has 3 aromatic carbocycles. The van der Waals surface area contributed by atoms with E-state index in [1.165, 1.54) is 24.8 Å². The molecule has 45 heavy (non-hydrogen) atoms. The van der Waals surface area contributed by atoms with Crippen LogP contribution in [0.15, 0.2) is 66.7 Å². The van der Waals surface area contributed by atoms with Gasteiger partial charge in [0.1, 0.15) is 11.5 Å². The lowest BCUT2D eigenvalue weighted by atomic mass is 9.76. The van der Waals surface area contributed by atoms with Gasteiger partial charge in [-0.3, -0.25) is 14.4 Å². The monoisotopic (exact) mass is 698 g/mol. The van der Waals surface area contributed by atoms with Gasteiger partial charge >= 0.3 is 0 Å². The molecule has 0 aromatic heterocycles. The zero-order valence-corrected chi connectivity index (χ0v) is 29.7. The van der Waals surface area contributed by atoms with E-state index in [9.17, 15) is 14.4 Å². The first-order valence-electron chi connectivity index (χ1n) is 15.2. The van der Waals surface area contributed by atoms with Crippen LogP contribution in [0.25, 0.3) is 0 Å². The Kier molecular flexibility index (Phi) is 11.9. The molecule has 0 saturated heterocycles. The molecule has 0 radical (unpaired) electrons. The van der Waals surface area contributed by atoms with Crippen molar-refractivity contribution in [3.05, 3.63) is 83.4 Å². The Morgan fingerprint density at radius 3 is 2.00 bits per heavy atom. The van der Waals surface area contributed by atoms with Gasteiger partial charge in [0.2, 0.25) is 9.57 Å². The molecule has 7 nitrogen and oxygen atoms in total. The molecule has 2 amide bonds. The van der Waals surface area contributed by atoms with Gasteiger partial charge in [-0.2, -0.15) is 0 Å². The summed E-state index contributed by atoms with van der Waals surface area (Å²) in [4.78, 5) is 39.5. The summed E-state index contributed by atoms with van der Waals surface area (Å²) < 4.78 is 9.46. The highest BCUT2D eigenvalue weighted by Crippen LogP contribution is 2.39. The number of ether oxygens (including phenoxy) is 2. The van der Waals surface area contributed by atoms with Crippen LogP contribution in [0.2, 0.25) is 0 Å². The number of rotatable bonds is 14. The van der Waals surface area contributed by atoms with E-state index < -0.39 is 21.6 Å². The number of nitrogens with one attached hydrogen (secondary N) is 2. The fourth-order valence-corrected chi connectivity index (χ4v) is 5.07. The molecule has 0 bridgehead atoms. The van der Waals surface area contributed by atoms with Crippen LogP contribution < -0.4 is 20.1 Å². The Bertz CT molecular complexity index is 1520. The van der Waals surface area contributed by atoms with Gasteiger partial charge < -0.3 is 20.1 Å². The standard InChI is InChI=1S/C36H44BrClN2O5/c1-9-29(45-30-20-17-24(34(4,5)10-2)21-28(30)35(6,7)11-3)32(42)39-25-13-12-14-26(22-25)40-33(43)36(37,38)31(41)23-15-18-27(44-8)19-16-23/h12-22,29H,9-11H2,1-8H3,(H,39,42)(H,40,43). The minimum atomic E-state index is -2.05. The van der Waals surface area contributed by atoms with Crippen LogP contribution in [-0.4, -0.2) is 34.6 Å². The number of hydrogen-bond donors (Lipinski definition) is 2. The molecule has 0 aliphatic heterocycles. The SMILES string of the molecule is CCC(Oc1ccc(C(C)(C)CC)cc1C(C)(C)CC)C(=O)Nc1cccc(NC(=O)C(Cl)(Br)C(=O)c2ccc(OC)cc2)c1. The molecule has 2 atom stereocenters. The van der Waals surface area contributed by atoms with Crippen LogP contribution in [-0.2, 0) is 20.4 Å². The van der Waals surface area contributed by atoms with Crippen molar-refractivity contribution in [3.63, 3.8) is 0 Å². The van der Waals surface area contributed by atoms with Crippen molar-refractivity contribution in [3.8, 4) is 11.5 Å². The molecule has 0 fully saturated rings. The zero-order chi connectivity index (χ0) is 33.6. The van der Waals surface area contributed by atoms with Crippen LogP contribution in [0.4, 0.5) is 11.4 Å². The van der Waals surface area contributed by atoms with E-state index in [1.54, 1.807) is 36.4 Å². The summed E-state index contributed by atoms with van der Waals surface area (Å²) in [6.45, 7) is 15.1. The van der Waals surface area contributed by atoms with E-state index in [2.05, 4.69) is 80.2 Å². The number of carbonyl (C=O) groups excluding carboxylic acids is 3. The van der Waals surface area contributed by atoms with Gasteiger partial charge in [-0.1, -0.05) is 78.3 Å². The van der Waals surface area contributed by atoms with Crippen molar-refractivity contribution in [1.29, 1.82) is 0 Å². The summed E-state index contributed by atoms with van der Waals surface area (Å²) in [7, 11) is 1.52. The summed E-state index contributed by atoms with van der Waals surface area (Å²) in [5, 5.41) is 5.56. The third kappa shape index (κ3) is 8.67. The van der Waals surface area contributed by atoms with E-state index in [0.29, 0.717) is 29.3 Å². The predicted molar refractivity (Wildman–Crippen MR) is 186 cm³/mol. The molecule has 2 unspecified atom stereocenters. The smallest absolute Gasteiger partial charge is 0.265 e. The number of Topliss-reactive ketones (excluding diaryl/α,β-unsaturated/α-hetero) is 1. The molecule has 2 N–H and O–H groups in total. The van der Waals surface area contributed by atoms with Crippen molar-refractivity contribution >= 4 is 56.5 Å². The summed E-state index contributed by atoms with van der Waals surface area (Å²) >= 11 is 9.48. The van der Waals surface area contributed by atoms with Gasteiger partial charge in [-0.15, -0.1) is 0 Å². The Balaban J connectivity index is 1.77. The fourth-order valence-electron chi connectivity index (χ4n) is 4.59. The molecule has 0 aliphatic carbocycles. The topological polar surface area (TPSA) is 93.7 Å². The lowest BCUT2D eigenvalue weighted by Crippen LogP contribution is -2.39. The van der Waals surface area contributed by atoms with Crippen LogP contribution >= 0.6 is 27.5 Å². The van der Waals surface area contributed by atoms with Crippen LogP contribution in [0, 0.1) is 0 Å². The Morgan fingerprint density at radius 1 is 0.844 bits per heavy atom. The Labute approximate surface area is 280 Å². The maximum absolute atomic E-state index is 13.4. The third-order valence-corrected chi connectivity index (χ3v) is 9.56. The number of hydrogen-bond acceptors (Lipinski definition) is 5. The summed E-state index contributed by atoms with van der Waals surface area (Å²) in [5.41, 5.74) is 3.20. The van der Waals surface area contributed by atoms with E-state index >= 15 is 0 Å². The molecule has 9 heteroatoms. The van der Waals surface area contributed by atoms with E-state index in [4.69, 9.17) is 21.1 Å². The first-order chi connectivity index (χ1) is 21.1. The normalized spacial score (nSPS) is 13.7. The third-order valence-electron chi connectivity index (χ3n) is 8.50. The second-order valence-corrected chi connectivity index (χ2v) is 14.6. The van der Waals surface area contributed by atoms with Crippen LogP contribution in [0.3, 0.4) is 0 Å². The second-order valence-electron chi connectivity index (χ2n) is 12.4. The van der Waals surface area contributed by atoms with Crippen molar-refractivity contribution in [2.75, 3.05) is 17.7 Å². The molecule has 0 heterocycles. The highest BCUT2D eigenvalue weighted by Gasteiger charge is 2.42. The average Bonchev–Trinajstić information content (AvgIpc) is 3.03. The highest BCUT2D eigenvalue weighted by atomic mass is 79.9. The first-order valence-corrected chi connectivity index (χ1v) is 16.4. The Hall–Kier alpha value is -3.36. The number of amides is 2. The quantitative estimate of drug-likeness (QED) is 0.0995. The molecule has 3 aromatic rings. The van der Waals surface area contributed by atoms with Crippen LogP contribution in [0.1, 0.15) is 89.2 Å². The maximum atomic E-state index is 13.4. The minimum Gasteiger partial charge on any atom is -0.497 e. The zero-order valence-electron chi connectivity index (χ0n) is 27.3. The lowest BCUT2D eigenvalue weighted by molar-refractivity contribution is -0.123. The molecule has 0 spiro atoms. The number of methoxy groups -OCH3 is 1. The number of anilines is 2. The molecule has 3 rings (SSSR count). The molecule has 242 valence electrons. The largest absolute Gasteiger partial charge is 0.497 e. The van der Waals surface area contributed by atoms with E-state index in [1.807, 2.05) is 13.0 Å². The van der Waals surface area contributed by atoms with E-state index in [0.717, 1.165) is 18.4 Å². The van der Waals surface area contributed by atoms with Gasteiger partial charge in [0.25, 0.3) is 11.8 Å².